The third-order valence-corrected chi connectivity index (χ3v) is 4.25. The number of rotatable bonds is 5. The lowest BCUT2D eigenvalue weighted by Crippen LogP contribution is -2.32. The van der Waals surface area contributed by atoms with Crippen LogP contribution in [0.4, 0.5) is 0 Å². The molecule has 1 atom stereocenters. The predicted molar refractivity (Wildman–Crippen MR) is 86.0 cm³/mol. The molecule has 0 aliphatic carbocycles. The Morgan fingerprint density at radius 1 is 1.19 bits per heavy atom. The molecule has 0 aliphatic heterocycles. The van der Waals surface area contributed by atoms with Gasteiger partial charge in [-0.05, 0) is 39.7 Å². The molecule has 2 N–H and O–H groups in total. The van der Waals surface area contributed by atoms with Gasteiger partial charge in [-0.3, -0.25) is 4.79 Å². The van der Waals surface area contributed by atoms with Crippen molar-refractivity contribution in [1.82, 2.24) is 5.32 Å². The first-order valence-electron chi connectivity index (χ1n) is 6.08. The topological polar surface area (TPSA) is 66.4 Å². The van der Waals surface area contributed by atoms with Crippen LogP contribution >= 0.6 is 27.3 Å². The van der Waals surface area contributed by atoms with Gasteiger partial charge < -0.3 is 10.4 Å². The second kappa shape index (κ2) is 7.19. The molecule has 1 amide bonds. The minimum atomic E-state index is -1.10. The quantitative estimate of drug-likeness (QED) is 0.797. The van der Waals surface area contributed by atoms with Crippen LogP contribution < -0.4 is 5.32 Å². The highest BCUT2D eigenvalue weighted by Crippen LogP contribution is 2.23. The molecule has 6 heteroatoms. The minimum Gasteiger partial charge on any atom is -0.479 e. The van der Waals surface area contributed by atoms with Crippen molar-refractivity contribution in [1.29, 1.82) is 0 Å². The van der Waals surface area contributed by atoms with Gasteiger partial charge >= 0.3 is 5.97 Å². The van der Waals surface area contributed by atoms with Crippen molar-refractivity contribution in [2.24, 2.45) is 0 Å². The molecule has 2 rings (SSSR count). The number of carbonyl (C=O) groups is 2. The van der Waals surface area contributed by atoms with Crippen LogP contribution in [0.25, 0.3) is 6.08 Å². The molecule has 0 unspecified atom stereocenters. The molecule has 0 fully saturated rings. The summed E-state index contributed by atoms with van der Waals surface area (Å²) in [6.45, 7) is 0. The Labute approximate surface area is 134 Å². The average molecular weight is 366 g/mol. The van der Waals surface area contributed by atoms with Gasteiger partial charge in [-0.1, -0.05) is 30.3 Å². The van der Waals surface area contributed by atoms with Crippen molar-refractivity contribution in [3.8, 4) is 0 Å². The molecule has 1 aromatic carbocycles. The molecule has 0 radical (unpaired) electrons. The molecule has 0 aliphatic rings. The van der Waals surface area contributed by atoms with Crippen molar-refractivity contribution in [2.45, 2.75) is 6.04 Å². The fourth-order valence-corrected chi connectivity index (χ4v) is 3.03. The van der Waals surface area contributed by atoms with E-state index in [1.807, 2.05) is 12.1 Å². The summed E-state index contributed by atoms with van der Waals surface area (Å²) in [5.74, 6) is -1.54. The monoisotopic (exact) mass is 365 g/mol. The van der Waals surface area contributed by atoms with Gasteiger partial charge in [0.2, 0.25) is 5.91 Å². The fraction of sp³-hybridized carbons (Fsp3) is 0.0667. The lowest BCUT2D eigenvalue weighted by Gasteiger charge is -2.13. The fourth-order valence-electron chi connectivity index (χ4n) is 1.70. The number of halogens is 1. The van der Waals surface area contributed by atoms with Crippen molar-refractivity contribution in [3.05, 3.63) is 62.8 Å². The Hall–Kier alpha value is -1.92. The highest BCUT2D eigenvalue weighted by atomic mass is 79.9. The Kier molecular flexibility index (Phi) is 5.30. The largest absolute Gasteiger partial charge is 0.479 e. The molecular weight excluding hydrogens is 354 g/mol. The van der Waals surface area contributed by atoms with Gasteiger partial charge in [0.25, 0.3) is 0 Å². The first-order chi connectivity index (χ1) is 10.1. The Morgan fingerprint density at radius 2 is 1.90 bits per heavy atom. The minimum absolute atomic E-state index is 0.448. The van der Waals surface area contributed by atoms with E-state index in [4.69, 9.17) is 0 Å². The van der Waals surface area contributed by atoms with Crippen LogP contribution in [0.2, 0.25) is 0 Å². The molecule has 4 nitrogen and oxygen atoms in total. The smallest absolute Gasteiger partial charge is 0.330 e. The Morgan fingerprint density at radius 3 is 2.48 bits per heavy atom. The standard InChI is InChI=1S/C15H12BrNO3S/c16-12-8-6-11(21-12)7-9-13(18)17-14(15(19)20)10-4-2-1-3-5-10/h1-9,14H,(H,17,18)(H,19,20)/b9-7+/t14-/m1/s1. The van der Waals surface area contributed by atoms with Gasteiger partial charge in [-0.25, -0.2) is 4.79 Å². The number of nitrogens with one attached hydrogen (secondary N) is 1. The number of thiophene rings is 1. The second-order valence-electron chi connectivity index (χ2n) is 4.17. The van der Waals surface area contributed by atoms with Crippen LogP contribution in [0.3, 0.4) is 0 Å². The van der Waals surface area contributed by atoms with Gasteiger partial charge in [0.1, 0.15) is 0 Å². The van der Waals surface area contributed by atoms with E-state index >= 15 is 0 Å². The maximum Gasteiger partial charge on any atom is 0.330 e. The maximum absolute atomic E-state index is 11.8. The van der Waals surface area contributed by atoms with Gasteiger partial charge in [-0.15, -0.1) is 11.3 Å². The van der Waals surface area contributed by atoms with E-state index in [2.05, 4.69) is 21.2 Å². The molecule has 1 aromatic heterocycles. The molecular formula is C15H12BrNO3S. The van der Waals surface area contributed by atoms with E-state index in [1.54, 1.807) is 36.4 Å². The summed E-state index contributed by atoms with van der Waals surface area (Å²) in [6, 6.07) is 11.3. The number of carboxylic acids is 1. The van der Waals surface area contributed by atoms with E-state index < -0.39 is 17.9 Å². The number of hydrogen-bond acceptors (Lipinski definition) is 3. The number of benzene rings is 1. The normalized spacial score (nSPS) is 12.2. The van der Waals surface area contributed by atoms with E-state index in [0.717, 1.165) is 8.66 Å². The number of amides is 1. The lowest BCUT2D eigenvalue weighted by molar-refractivity contribution is -0.141. The second-order valence-corrected chi connectivity index (χ2v) is 6.66. The molecule has 0 saturated carbocycles. The summed E-state index contributed by atoms with van der Waals surface area (Å²) >= 11 is 4.82. The highest BCUT2D eigenvalue weighted by molar-refractivity contribution is 9.11. The molecule has 0 bridgehead atoms. The van der Waals surface area contributed by atoms with Crippen LogP contribution in [-0.2, 0) is 9.59 Å². The predicted octanol–water partition coefficient (Wildman–Crippen LogP) is 3.47. The summed E-state index contributed by atoms with van der Waals surface area (Å²) in [6.07, 6.45) is 2.98. The summed E-state index contributed by atoms with van der Waals surface area (Å²) < 4.78 is 0.968. The highest BCUT2D eigenvalue weighted by Gasteiger charge is 2.20. The zero-order valence-electron chi connectivity index (χ0n) is 10.8. The zero-order valence-corrected chi connectivity index (χ0v) is 13.2. The van der Waals surface area contributed by atoms with Crippen LogP contribution in [0, 0.1) is 0 Å². The average Bonchev–Trinajstić information content (AvgIpc) is 2.89. The molecule has 1 heterocycles. The summed E-state index contributed by atoms with van der Waals surface area (Å²) in [4.78, 5) is 24.0. The Balaban J connectivity index is 2.05. The zero-order chi connectivity index (χ0) is 15.2. The first kappa shape index (κ1) is 15.5. The van der Waals surface area contributed by atoms with Gasteiger partial charge in [-0.2, -0.15) is 0 Å². The summed E-state index contributed by atoms with van der Waals surface area (Å²) in [5, 5.41) is 11.7. The number of hydrogen-bond donors (Lipinski definition) is 2. The van der Waals surface area contributed by atoms with E-state index in [9.17, 15) is 14.7 Å². The number of carboxylic acid groups (broad SMARTS) is 1. The third-order valence-electron chi connectivity index (χ3n) is 2.66. The van der Waals surface area contributed by atoms with Crippen molar-refractivity contribution in [3.63, 3.8) is 0 Å². The van der Waals surface area contributed by atoms with Crippen LogP contribution in [-0.4, -0.2) is 17.0 Å². The SMILES string of the molecule is O=C(/C=C/c1ccc(Br)s1)N[C@@H](C(=O)O)c1ccccc1. The molecule has 0 spiro atoms. The van der Waals surface area contributed by atoms with Crippen LogP contribution in [0.1, 0.15) is 16.5 Å². The van der Waals surface area contributed by atoms with Gasteiger partial charge in [0.15, 0.2) is 6.04 Å². The lowest BCUT2D eigenvalue weighted by atomic mass is 10.1. The molecule has 108 valence electrons. The van der Waals surface area contributed by atoms with E-state index in [0.29, 0.717) is 5.56 Å². The van der Waals surface area contributed by atoms with Crippen LogP contribution in [0.5, 0.6) is 0 Å². The van der Waals surface area contributed by atoms with Crippen molar-refractivity contribution >= 4 is 45.2 Å². The van der Waals surface area contributed by atoms with Crippen molar-refractivity contribution in [2.75, 3.05) is 0 Å². The number of aliphatic carboxylic acids is 1. The third kappa shape index (κ3) is 4.54. The number of carbonyl (C=O) groups excluding carboxylic acids is 1. The molecule has 21 heavy (non-hydrogen) atoms. The summed E-state index contributed by atoms with van der Waals surface area (Å²) in [5.41, 5.74) is 0.533. The van der Waals surface area contributed by atoms with Crippen LogP contribution in [0.15, 0.2) is 52.3 Å². The van der Waals surface area contributed by atoms with Crippen molar-refractivity contribution < 1.29 is 14.7 Å². The maximum atomic E-state index is 11.8. The van der Waals surface area contributed by atoms with E-state index in [1.165, 1.54) is 17.4 Å². The molecule has 0 saturated heterocycles. The Bertz CT molecular complexity index is 667. The first-order valence-corrected chi connectivity index (χ1v) is 7.69. The van der Waals surface area contributed by atoms with Gasteiger partial charge in [0, 0.05) is 11.0 Å². The summed E-state index contributed by atoms with van der Waals surface area (Å²) in [7, 11) is 0. The van der Waals surface area contributed by atoms with Gasteiger partial charge in [0.05, 0.1) is 3.79 Å². The van der Waals surface area contributed by atoms with E-state index in [-0.39, 0.29) is 0 Å². The molecule has 2 aromatic rings.